The molecular formula is C12H21NO3S2. The molecule has 1 rings (SSSR count). The van der Waals surface area contributed by atoms with Gasteiger partial charge in [0.2, 0.25) is 10.0 Å². The Labute approximate surface area is 113 Å². The Hall–Kier alpha value is -0.430. The highest BCUT2D eigenvalue weighted by Gasteiger charge is 2.21. The first-order chi connectivity index (χ1) is 8.40. The largest absolute Gasteiger partial charge is 0.396 e. The van der Waals surface area contributed by atoms with Crippen LogP contribution >= 0.6 is 11.3 Å². The average Bonchev–Trinajstić information content (AvgIpc) is 2.77. The number of nitrogens with one attached hydrogen (secondary N) is 1. The zero-order valence-corrected chi connectivity index (χ0v) is 12.6. The SMILES string of the molecule is CCC(C)C(C)NS(=O)(=O)c1ccc(CCO)s1. The smallest absolute Gasteiger partial charge is 0.250 e. The van der Waals surface area contributed by atoms with E-state index in [1.54, 1.807) is 12.1 Å². The molecule has 6 heteroatoms. The van der Waals surface area contributed by atoms with Crippen molar-refractivity contribution in [1.29, 1.82) is 0 Å². The number of hydrogen-bond acceptors (Lipinski definition) is 4. The van der Waals surface area contributed by atoms with Gasteiger partial charge in [0, 0.05) is 23.9 Å². The molecule has 104 valence electrons. The molecule has 2 unspecified atom stereocenters. The number of thiophene rings is 1. The minimum absolute atomic E-state index is 0.0384. The van der Waals surface area contributed by atoms with Crippen molar-refractivity contribution >= 4 is 21.4 Å². The average molecular weight is 291 g/mol. The molecule has 1 aromatic heterocycles. The van der Waals surface area contributed by atoms with E-state index in [0.29, 0.717) is 16.5 Å². The third kappa shape index (κ3) is 4.05. The summed E-state index contributed by atoms with van der Waals surface area (Å²) < 4.78 is 27.3. The summed E-state index contributed by atoms with van der Waals surface area (Å²) in [4.78, 5) is 0.883. The number of aliphatic hydroxyl groups excluding tert-OH is 1. The maximum Gasteiger partial charge on any atom is 0.250 e. The minimum atomic E-state index is -3.43. The number of aliphatic hydroxyl groups is 1. The van der Waals surface area contributed by atoms with Gasteiger partial charge < -0.3 is 5.11 Å². The third-order valence-corrected chi connectivity index (χ3v) is 6.29. The van der Waals surface area contributed by atoms with E-state index >= 15 is 0 Å². The van der Waals surface area contributed by atoms with Crippen LogP contribution < -0.4 is 4.72 Å². The van der Waals surface area contributed by atoms with E-state index < -0.39 is 10.0 Å². The van der Waals surface area contributed by atoms with E-state index in [1.165, 1.54) is 11.3 Å². The first-order valence-electron chi connectivity index (χ1n) is 6.12. The monoisotopic (exact) mass is 291 g/mol. The lowest BCUT2D eigenvalue weighted by Crippen LogP contribution is -2.36. The van der Waals surface area contributed by atoms with Gasteiger partial charge >= 0.3 is 0 Å². The van der Waals surface area contributed by atoms with E-state index in [-0.39, 0.29) is 12.6 Å². The van der Waals surface area contributed by atoms with E-state index in [9.17, 15) is 8.42 Å². The lowest BCUT2D eigenvalue weighted by Gasteiger charge is -2.19. The molecule has 0 radical (unpaired) electrons. The van der Waals surface area contributed by atoms with Crippen molar-refractivity contribution in [2.75, 3.05) is 6.61 Å². The van der Waals surface area contributed by atoms with Gasteiger partial charge in [-0.05, 0) is 25.0 Å². The molecule has 18 heavy (non-hydrogen) atoms. The van der Waals surface area contributed by atoms with Crippen molar-refractivity contribution in [3.05, 3.63) is 17.0 Å². The molecule has 2 N–H and O–H groups in total. The fraction of sp³-hybridized carbons (Fsp3) is 0.667. The van der Waals surface area contributed by atoms with Crippen LogP contribution in [0.4, 0.5) is 0 Å². The van der Waals surface area contributed by atoms with E-state index in [0.717, 1.165) is 11.3 Å². The molecule has 0 bridgehead atoms. The topological polar surface area (TPSA) is 66.4 Å². The Balaban J connectivity index is 2.79. The normalized spacial score (nSPS) is 15.6. The molecule has 0 aliphatic carbocycles. The van der Waals surface area contributed by atoms with E-state index in [1.807, 2.05) is 20.8 Å². The molecule has 4 nitrogen and oxygen atoms in total. The van der Waals surface area contributed by atoms with Crippen LogP contribution in [0.2, 0.25) is 0 Å². The van der Waals surface area contributed by atoms with Crippen LogP contribution in [0.1, 0.15) is 32.1 Å². The first-order valence-corrected chi connectivity index (χ1v) is 8.42. The van der Waals surface area contributed by atoms with Gasteiger partial charge in [-0.15, -0.1) is 11.3 Å². The maximum absolute atomic E-state index is 12.1. The number of sulfonamides is 1. The van der Waals surface area contributed by atoms with Gasteiger partial charge in [0.05, 0.1) is 0 Å². The molecule has 1 heterocycles. The van der Waals surface area contributed by atoms with Gasteiger partial charge in [-0.3, -0.25) is 0 Å². The Morgan fingerprint density at radius 3 is 2.61 bits per heavy atom. The Morgan fingerprint density at radius 2 is 2.06 bits per heavy atom. The molecule has 0 aliphatic rings. The number of hydrogen-bond donors (Lipinski definition) is 2. The molecule has 0 spiro atoms. The highest BCUT2D eigenvalue weighted by molar-refractivity contribution is 7.91. The van der Waals surface area contributed by atoms with Gasteiger partial charge in [0.25, 0.3) is 0 Å². The maximum atomic E-state index is 12.1. The molecule has 1 aromatic rings. The second-order valence-corrected chi connectivity index (χ2v) is 7.60. The predicted molar refractivity (Wildman–Crippen MR) is 74.3 cm³/mol. The lowest BCUT2D eigenvalue weighted by atomic mass is 10.0. The summed E-state index contributed by atoms with van der Waals surface area (Å²) in [7, 11) is -3.43. The zero-order valence-electron chi connectivity index (χ0n) is 11.0. The molecule has 0 saturated heterocycles. The van der Waals surface area contributed by atoms with Crippen LogP contribution in [-0.2, 0) is 16.4 Å². The third-order valence-electron chi connectivity index (χ3n) is 3.10. The van der Waals surface area contributed by atoms with Crippen molar-refractivity contribution in [3.8, 4) is 0 Å². The standard InChI is InChI=1S/C12H21NO3S2/c1-4-9(2)10(3)13-18(15,16)12-6-5-11(17-12)7-8-14/h5-6,9-10,13-14H,4,7-8H2,1-3H3. The van der Waals surface area contributed by atoms with Crippen LogP contribution in [0.3, 0.4) is 0 Å². The van der Waals surface area contributed by atoms with Crippen LogP contribution in [0.5, 0.6) is 0 Å². The Bertz CT molecular complexity index is 467. The summed E-state index contributed by atoms with van der Waals surface area (Å²) in [6.07, 6.45) is 1.44. The van der Waals surface area contributed by atoms with E-state index in [4.69, 9.17) is 5.11 Å². The summed E-state index contributed by atoms with van der Waals surface area (Å²) in [5.41, 5.74) is 0. The Kier molecular flexibility index (Phi) is 5.78. The highest BCUT2D eigenvalue weighted by Crippen LogP contribution is 2.22. The second-order valence-electron chi connectivity index (χ2n) is 4.49. The van der Waals surface area contributed by atoms with Gasteiger partial charge in [-0.25, -0.2) is 13.1 Å². The molecule has 0 amide bonds. The van der Waals surface area contributed by atoms with Crippen LogP contribution in [-0.4, -0.2) is 26.2 Å². The molecule has 0 aromatic carbocycles. The summed E-state index contributed by atoms with van der Waals surface area (Å²) in [6.45, 7) is 5.99. The summed E-state index contributed by atoms with van der Waals surface area (Å²) in [6, 6.07) is 3.27. The van der Waals surface area contributed by atoms with Gasteiger partial charge in [0.15, 0.2) is 0 Å². The molecule has 0 aliphatic heterocycles. The first kappa shape index (κ1) is 15.6. The van der Waals surface area contributed by atoms with Crippen LogP contribution in [0, 0.1) is 5.92 Å². The molecule has 0 saturated carbocycles. The van der Waals surface area contributed by atoms with Crippen LogP contribution in [0.15, 0.2) is 16.3 Å². The summed E-state index contributed by atoms with van der Waals surface area (Å²) >= 11 is 1.22. The van der Waals surface area contributed by atoms with Gasteiger partial charge in [-0.2, -0.15) is 0 Å². The van der Waals surface area contributed by atoms with Gasteiger partial charge in [-0.1, -0.05) is 20.3 Å². The highest BCUT2D eigenvalue weighted by atomic mass is 32.2. The quantitative estimate of drug-likeness (QED) is 0.807. The van der Waals surface area contributed by atoms with Crippen molar-refractivity contribution in [1.82, 2.24) is 4.72 Å². The Morgan fingerprint density at radius 1 is 1.39 bits per heavy atom. The second kappa shape index (κ2) is 6.65. The predicted octanol–water partition coefficient (Wildman–Crippen LogP) is 2.00. The fourth-order valence-electron chi connectivity index (χ4n) is 1.52. The summed E-state index contributed by atoms with van der Waals surface area (Å²) in [5, 5.41) is 8.82. The van der Waals surface area contributed by atoms with Crippen molar-refractivity contribution in [3.63, 3.8) is 0 Å². The van der Waals surface area contributed by atoms with Crippen molar-refractivity contribution in [2.45, 2.75) is 43.9 Å². The molecule has 2 atom stereocenters. The van der Waals surface area contributed by atoms with E-state index in [2.05, 4.69) is 4.72 Å². The summed E-state index contributed by atoms with van der Waals surface area (Å²) in [5.74, 6) is 0.302. The molecular weight excluding hydrogens is 270 g/mol. The lowest BCUT2D eigenvalue weighted by molar-refractivity contribution is 0.300. The molecule has 0 fully saturated rings. The minimum Gasteiger partial charge on any atom is -0.396 e. The number of rotatable bonds is 7. The fourth-order valence-corrected chi connectivity index (χ4v) is 4.23. The van der Waals surface area contributed by atoms with Crippen molar-refractivity contribution in [2.24, 2.45) is 5.92 Å². The van der Waals surface area contributed by atoms with Gasteiger partial charge in [0.1, 0.15) is 4.21 Å². The zero-order chi connectivity index (χ0) is 13.8. The van der Waals surface area contributed by atoms with Crippen molar-refractivity contribution < 1.29 is 13.5 Å². The van der Waals surface area contributed by atoms with Crippen LogP contribution in [0.25, 0.3) is 0 Å².